The number of nitrogens with zero attached hydrogens (tertiary/aromatic N) is 2. The van der Waals surface area contributed by atoms with Crippen LogP contribution in [0.2, 0.25) is 0 Å². The van der Waals surface area contributed by atoms with Gasteiger partial charge in [0.15, 0.2) is 0 Å². The van der Waals surface area contributed by atoms with Gasteiger partial charge in [-0.2, -0.15) is 0 Å². The number of anilines is 1. The number of carbonyl (C=O) groups is 1. The van der Waals surface area contributed by atoms with Crippen molar-refractivity contribution >= 4 is 11.6 Å². The molecule has 3 aromatic rings. The van der Waals surface area contributed by atoms with E-state index in [9.17, 15) is 4.79 Å². The fraction of sp³-hybridized carbons (Fsp3) is 0.269. The van der Waals surface area contributed by atoms with Crippen molar-refractivity contribution in [3.05, 3.63) is 102 Å². The summed E-state index contributed by atoms with van der Waals surface area (Å²) in [5, 5.41) is 0. The van der Waals surface area contributed by atoms with Crippen molar-refractivity contribution in [2.75, 3.05) is 31.9 Å². The van der Waals surface area contributed by atoms with Crippen LogP contribution in [-0.4, -0.2) is 41.9 Å². The molecule has 0 unspecified atom stereocenters. The van der Waals surface area contributed by atoms with Crippen molar-refractivity contribution in [2.45, 2.75) is 18.9 Å². The molecule has 3 aromatic carbocycles. The van der Waals surface area contributed by atoms with Gasteiger partial charge in [-0.05, 0) is 29.2 Å². The number of nitrogen functional groups attached to an aromatic ring is 1. The second kappa shape index (κ2) is 9.59. The van der Waals surface area contributed by atoms with E-state index >= 15 is 0 Å². The average Bonchev–Trinajstić information content (AvgIpc) is 2.80. The maximum atomic E-state index is 12.8. The first-order valence-electron chi connectivity index (χ1n) is 10.7. The van der Waals surface area contributed by atoms with Crippen LogP contribution >= 0.6 is 0 Å². The van der Waals surface area contributed by atoms with Crippen LogP contribution in [0, 0.1) is 0 Å². The van der Waals surface area contributed by atoms with Crippen molar-refractivity contribution in [2.24, 2.45) is 0 Å². The van der Waals surface area contributed by atoms with Gasteiger partial charge in [0.25, 0.3) is 0 Å². The Morgan fingerprint density at radius 3 is 1.87 bits per heavy atom. The maximum Gasteiger partial charge on any atom is 0.222 e. The molecule has 4 heteroatoms. The van der Waals surface area contributed by atoms with Crippen molar-refractivity contribution in [1.29, 1.82) is 0 Å². The van der Waals surface area contributed by atoms with Crippen LogP contribution < -0.4 is 5.73 Å². The normalized spacial score (nSPS) is 14.8. The quantitative estimate of drug-likeness (QED) is 0.634. The summed E-state index contributed by atoms with van der Waals surface area (Å²) < 4.78 is 0. The third kappa shape index (κ3) is 4.71. The van der Waals surface area contributed by atoms with Gasteiger partial charge in [0.05, 0.1) is 6.04 Å². The monoisotopic (exact) mass is 399 g/mol. The SMILES string of the molecule is Nc1ccccc1CCC(=O)N1CCN(C(c2ccccc2)c2ccccc2)CC1. The molecule has 0 spiro atoms. The van der Waals surface area contributed by atoms with Gasteiger partial charge in [-0.3, -0.25) is 9.69 Å². The number of nitrogens with two attached hydrogens (primary N) is 1. The molecule has 4 rings (SSSR count). The van der Waals surface area contributed by atoms with E-state index < -0.39 is 0 Å². The molecule has 0 saturated carbocycles. The molecule has 0 aromatic heterocycles. The predicted octanol–water partition coefficient (Wildman–Crippen LogP) is 4.14. The summed E-state index contributed by atoms with van der Waals surface area (Å²) in [6.07, 6.45) is 1.21. The molecule has 1 aliphatic heterocycles. The van der Waals surface area contributed by atoms with Crippen LogP contribution in [0.5, 0.6) is 0 Å². The minimum atomic E-state index is 0.216. The van der Waals surface area contributed by atoms with E-state index in [1.807, 2.05) is 29.2 Å². The first-order chi connectivity index (χ1) is 14.7. The largest absolute Gasteiger partial charge is 0.399 e. The zero-order valence-electron chi connectivity index (χ0n) is 17.3. The number of hydrogen-bond donors (Lipinski definition) is 1. The fourth-order valence-corrected chi connectivity index (χ4v) is 4.28. The Bertz CT molecular complexity index is 911. The van der Waals surface area contributed by atoms with Gasteiger partial charge in [-0.15, -0.1) is 0 Å². The Labute approximate surface area is 178 Å². The minimum absolute atomic E-state index is 0.216. The Morgan fingerprint density at radius 1 is 0.767 bits per heavy atom. The average molecular weight is 400 g/mol. The number of amides is 1. The van der Waals surface area contributed by atoms with Crippen molar-refractivity contribution in [1.82, 2.24) is 9.80 Å². The highest BCUT2D eigenvalue weighted by molar-refractivity contribution is 5.76. The molecule has 154 valence electrons. The number of aryl methyl sites for hydroxylation is 1. The van der Waals surface area contributed by atoms with E-state index in [1.165, 1.54) is 11.1 Å². The number of carbonyl (C=O) groups excluding carboxylic acids is 1. The lowest BCUT2D eigenvalue weighted by molar-refractivity contribution is -0.133. The summed E-state index contributed by atoms with van der Waals surface area (Å²) in [5.41, 5.74) is 10.4. The number of para-hydroxylation sites is 1. The Kier molecular flexibility index (Phi) is 6.45. The Hall–Kier alpha value is -3.11. The van der Waals surface area contributed by atoms with E-state index in [0.29, 0.717) is 12.8 Å². The summed E-state index contributed by atoms with van der Waals surface area (Å²) in [6.45, 7) is 3.26. The first-order valence-corrected chi connectivity index (χ1v) is 10.7. The highest BCUT2D eigenvalue weighted by atomic mass is 16.2. The molecule has 0 bridgehead atoms. The number of rotatable bonds is 6. The number of benzene rings is 3. The van der Waals surface area contributed by atoms with E-state index in [4.69, 9.17) is 5.73 Å². The van der Waals surface area contributed by atoms with Gasteiger partial charge in [0.2, 0.25) is 5.91 Å². The first kappa shape index (κ1) is 20.2. The van der Waals surface area contributed by atoms with Gasteiger partial charge < -0.3 is 10.6 Å². The Balaban J connectivity index is 1.40. The minimum Gasteiger partial charge on any atom is -0.399 e. The molecule has 1 fully saturated rings. The number of piperazine rings is 1. The van der Waals surface area contributed by atoms with Crippen molar-refractivity contribution < 1.29 is 4.79 Å². The zero-order valence-corrected chi connectivity index (χ0v) is 17.3. The molecule has 30 heavy (non-hydrogen) atoms. The van der Waals surface area contributed by atoms with Gasteiger partial charge in [-0.1, -0.05) is 78.9 Å². The second-order valence-corrected chi connectivity index (χ2v) is 7.84. The molecule has 0 radical (unpaired) electrons. The van der Waals surface area contributed by atoms with Crippen LogP contribution in [-0.2, 0) is 11.2 Å². The van der Waals surface area contributed by atoms with Crippen LogP contribution in [0.15, 0.2) is 84.9 Å². The lowest BCUT2D eigenvalue weighted by Crippen LogP contribution is -2.49. The molecule has 4 nitrogen and oxygen atoms in total. The zero-order chi connectivity index (χ0) is 20.8. The molecule has 0 aliphatic carbocycles. The number of hydrogen-bond acceptors (Lipinski definition) is 3. The van der Waals surface area contributed by atoms with Crippen LogP contribution in [0.3, 0.4) is 0 Å². The van der Waals surface area contributed by atoms with Crippen molar-refractivity contribution in [3.63, 3.8) is 0 Å². The van der Waals surface area contributed by atoms with Crippen LogP contribution in [0.4, 0.5) is 5.69 Å². The van der Waals surface area contributed by atoms with Crippen LogP contribution in [0.1, 0.15) is 29.2 Å². The summed E-state index contributed by atoms with van der Waals surface area (Å²) in [7, 11) is 0. The summed E-state index contributed by atoms with van der Waals surface area (Å²) in [5.74, 6) is 0.217. The highest BCUT2D eigenvalue weighted by Gasteiger charge is 2.27. The molecule has 1 amide bonds. The van der Waals surface area contributed by atoms with E-state index in [2.05, 4.69) is 65.6 Å². The maximum absolute atomic E-state index is 12.8. The molecule has 1 heterocycles. The van der Waals surface area contributed by atoms with Gasteiger partial charge >= 0.3 is 0 Å². The second-order valence-electron chi connectivity index (χ2n) is 7.84. The molecule has 1 aliphatic rings. The van der Waals surface area contributed by atoms with E-state index in [-0.39, 0.29) is 11.9 Å². The molecular formula is C26H29N3O. The van der Waals surface area contributed by atoms with Gasteiger partial charge in [0.1, 0.15) is 0 Å². The standard InChI is InChI=1S/C26H29N3O/c27-24-14-8-7-9-21(24)15-16-25(30)28-17-19-29(20-18-28)26(22-10-3-1-4-11-22)23-12-5-2-6-13-23/h1-14,26H,15-20,27H2. The van der Waals surface area contributed by atoms with Crippen LogP contribution in [0.25, 0.3) is 0 Å². The summed E-state index contributed by atoms with van der Waals surface area (Å²) in [4.78, 5) is 17.3. The summed E-state index contributed by atoms with van der Waals surface area (Å²) >= 11 is 0. The predicted molar refractivity (Wildman–Crippen MR) is 122 cm³/mol. The van der Waals surface area contributed by atoms with E-state index in [1.54, 1.807) is 0 Å². The molecule has 1 saturated heterocycles. The topological polar surface area (TPSA) is 49.6 Å². The van der Waals surface area contributed by atoms with Gasteiger partial charge in [-0.25, -0.2) is 0 Å². The Morgan fingerprint density at radius 2 is 1.30 bits per heavy atom. The highest BCUT2D eigenvalue weighted by Crippen LogP contribution is 2.29. The fourth-order valence-electron chi connectivity index (χ4n) is 4.28. The van der Waals surface area contributed by atoms with Crippen molar-refractivity contribution in [3.8, 4) is 0 Å². The van der Waals surface area contributed by atoms with E-state index in [0.717, 1.165) is 37.4 Å². The third-order valence-corrected chi connectivity index (χ3v) is 5.93. The lowest BCUT2D eigenvalue weighted by Gasteiger charge is -2.40. The lowest BCUT2D eigenvalue weighted by atomic mass is 9.96. The molecule has 2 N–H and O–H groups in total. The molecular weight excluding hydrogens is 370 g/mol. The van der Waals surface area contributed by atoms with Gasteiger partial charge in [0, 0.05) is 38.3 Å². The summed E-state index contributed by atoms with van der Waals surface area (Å²) in [6, 6.07) is 29.3. The smallest absolute Gasteiger partial charge is 0.222 e. The molecule has 0 atom stereocenters. The third-order valence-electron chi connectivity index (χ3n) is 5.93.